The monoisotopic (exact) mass is 165 g/mol. The van der Waals surface area contributed by atoms with E-state index in [1.807, 2.05) is 6.92 Å². The molecule has 0 aliphatic carbocycles. The van der Waals surface area contributed by atoms with Gasteiger partial charge in [-0.15, -0.1) is 0 Å². The summed E-state index contributed by atoms with van der Waals surface area (Å²) in [6, 6.07) is 0. The van der Waals surface area contributed by atoms with Crippen molar-refractivity contribution in [2.75, 3.05) is 11.9 Å². The zero-order valence-corrected chi connectivity index (χ0v) is 5.79. The largest absolute Gasteiger partial charge is 0.481 e. The van der Waals surface area contributed by atoms with Crippen LogP contribution in [-0.2, 0) is 4.74 Å². The highest BCUT2D eigenvalue weighted by Crippen LogP contribution is 1.83. The second kappa shape index (κ2) is 4.12. The van der Waals surface area contributed by atoms with E-state index in [0.717, 1.165) is 0 Å². The first-order valence-electron chi connectivity index (χ1n) is 2.07. The molecule has 0 unspecified atom stereocenters. The van der Waals surface area contributed by atoms with Gasteiger partial charge >= 0.3 is 0 Å². The van der Waals surface area contributed by atoms with Crippen LogP contribution in [0, 0.1) is 5.41 Å². The average molecular weight is 166 g/mol. The summed E-state index contributed by atoms with van der Waals surface area (Å²) in [7, 11) is 0. The number of hydrogen-bond donors (Lipinski definition) is 1. The molecular formula is C4H8BrNO. The predicted octanol–water partition coefficient (Wildman–Crippen LogP) is 1.40. The fourth-order valence-corrected chi connectivity index (χ4v) is 0.375. The van der Waals surface area contributed by atoms with E-state index in [0.29, 0.717) is 17.8 Å². The van der Waals surface area contributed by atoms with E-state index in [9.17, 15) is 0 Å². The highest BCUT2D eigenvalue weighted by atomic mass is 79.9. The molecule has 0 rings (SSSR count). The number of nitrogens with one attached hydrogen (secondary N) is 1. The smallest absolute Gasteiger partial charge is 0.191 e. The molecule has 0 saturated heterocycles. The van der Waals surface area contributed by atoms with Gasteiger partial charge in [-0.3, -0.25) is 5.41 Å². The van der Waals surface area contributed by atoms with Crippen LogP contribution in [0.3, 0.4) is 0 Å². The lowest BCUT2D eigenvalue weighted by molar-refractivity contribution is 0.323. The van der Waals surface area contributed by atoms with Gasteiger partial charge in [-0.1, -0.05) is 15.9 Å². The molecule has 0 aromatic carbocycles. The van der Waals surface area contributed by atoms with Crippen LogP contribution in [0.25, 0.3) is 0 Å². The van der Waals surface area contributed by atoms with Crippen molar-refractivity contribution < 1.29 is 4.74 Å². The van der Waals surface area contributed by atoms with Crippen molar-refractivity contribution in [1.29, 1.82) is 5.41 Å². The third-order valence-corrected chi connectivity index (χ3v) is 0.949. The summed E-state index contributed by atoms with van der Waals surface area (Å²) in [6.07, 6.45) is 0. The van der Waals surface area contributed by atoms with Gasteiger partial charge in [-0.2, -0.15) is 0 Å². The Hall–Kier alpha value is -0.0500. The molecule has 7 heavy (non-hydrogen) atoms. The van der Waals surface area contributed by atoms with E-state index in [1.165, 1.54) is 0 Å². The molecule has 0 aromatic heterocycles. The Morgan fingerprint density at radius 3 is 2.57 bits per heavy atom. The zero-order chi connectivity index (χ0) is 5.70. The minimum absolute atomic E-state index is 0.294. The van der Waals surface area contributed by atoms with Gasteiger partial charge < -0.3 is 4.74 Å². The Kier molecular flexibility index (Phi) is 4.09. The van der Waals surface area contributed by atoms with E-state index < -0.39 is 0 Å². The normalized spacial score (nSPS) is 8.29. The maximum Gasteiger partial charge on any atom is 0.191 e. The van der Waals surface area contributed by atoms with E-state index >= 15 is 0 Å². The van der Waals surface area contributed by atoms with Gasteiger partial charge in [-0.25, -0.2) is 0 Å². The maximum absolute atomic E-state index is 6.87. The molecule has 0 bridgehead atoms. The van der Waals surface area contributed by atoms with Crippen LogP contribution >= 0.6 is 15.9 Å². The number of halogens is 1. The number of ether oxygens (including phenoxy) is 1. The predicted molar refractivity (Wildman–Crippen MR) is 33.1 cm³/mol. The highest BCUT2D eigenvalue weighted by Gasteiger charge is 1.87. The van der Waals surface area contributed by atoms with Gasteiger partial charge in [0.15, 0.2) is 5.90 Å². The molecule has 0 aromatic rings. The quantitative estimate of drug-likeness (QED) is 0.375. The molecule has 42 valence electrons. The van der Waals surface area contributed by atoms with Crippen LogP contribution in [0.2, 0.25) is 0 Å². The zero-order valence-electron chi connectivity index (χ0n) is 4.20. The van der Waals surface area contributed by atoms with Crippen LogP contribution in [0.15, 0.2) is 0 Å². The average Bonchev–Trinajstić information content (AvgIpc) is 1.68. The number of rotatable bonds is 2. The molecule has 0 atom stereocenters. The fraction of sp³-hybridized carbons (Fsp3) is 0.750. The van der Waals surface area contributed by atoms with E-state index in [1.54, 1.807) is 0 Å². The third-order valence-electron chi connectivity index (χ3n) is 0.440. The molecule has 0 saturated carbocycles. The second-order valence-corrected chi connectivity index (χ2v) is 1.55. The van der Waals surface area contributed by atoms with Crippen LogP contribution in [0.4, 0.5) is 0 Å². The third kappa shape index (κ3) is 3.79. The first-order valence-corrected chi connectivity index (χ1v) is 3.19. The summed E-state index contributed by atoms with van der Waals surface area (Å²) >= 11 is 3.07. The van der Waals surface area contributed by atoms with Crippen molar-refractivity contribution in [1.82, 2.24) is 0 Å². The maximum atomic E-state index is 6.87. The SMILES string of the molecule is CCOC(=N)CBr. The van der Waals surface area contributed by atoms with Gasteiger partial charge in [0.25, 0.3) is 0 Å². The lowest BCUT2D eigenvalue weighted by atomic mass is 10.7. The summed E-state index contributed by atoms with van der Waals surface area (Å²) < 4.78 is 4.73. The lowest BCUT2D eigenvalue weighted by Crippen LogP contribution is -2.02. The number of alkyl halides is 1. The Balaban J connectivity index is 3.00. The van der Waals surface area contributed by atoms with Gasteiger partial charge in [0.2, 0.25) is 0 Å². The molecule has 1 N–H and O–H groups in total. The topological polar surface area (TPSA) is 33.1 Å². The minimum Gasteiger partial charge on any atom is -0.481 e. The minimum atomic E-state index is 0.294. The lowest BCUT2D eigenvalue weighted by Gasteiger charge is -1.96. The molecule has 0 spiro atoms. The van der Waals surface area contributed by atoms with Crippen molar-refractivity contribution >= 4 is 21.8 Å². The standard InChI is InChI=1S/C4H8BrNO/c1-2-7-4(6)3-5/h6H,2-3H2,1H3. The van der Waals surface area contributed by atoms with Crippen molar-refractivity contribution in [3.63, 3.8) is 0 Å². The summed E-state index contributed by atoms with van der Waals surface area (Å²) in [5.41, 5.74) is 0. The highest BCUT2D eigenvalue weighted by molar-refractivity contribution is 9.09. The van der Waals surface area contributed by atoms with Crippen LogP contribution < -0.4 is 0 Å². The van der Waals surface area contributed by atoms with E-state index in [2.05, 4.69) is 15.9 Å². The summed E-state index contributed by atoms with van der Waals surface area (Å²) in [4.78, 5) is 0. The van der Waals surface area contributed by atoms with Crippen molar-refractivity contribution in [3.8, 4) is 0 Å². The summed E-state index contributed by atoms with van der Waals surface area (Å²) in [5.74, 6) is 0.294. The summed E-state index contributed by atoms with van der Waals surface area (Å²) in [5, 5.41) is 7.38. The molecule has 0 aliphatic heterocycles. The first-order chi connectivity index (χ1) is 3.31. The Morgan fingerprint density at radius 2 is 2.43 bits per heavy atom. The van der Waals surface area contributed by atoms with E-state index in [4.69, 9.17) is 10.1 Å². The first kappa shape index (κ1) is 6.95. The molecule has 2 nitrogen and oxygen atoms in total. The molecular weight excluding hydrogens is 158 g/mol. The van der Waals surface area contributed by atoms with Gasteiger partial charge in [0.1, 0.15) is 0 Å². The molecule has 0 heterocycles. The summed E-state index contributed by atoms with van der Waals surface area (Å²) in [6.45, 7) is 2.45. The van der Waals surface area contributed by atoms with Crippen molar-refractivity contribution in [2.45, 2.75) is 6.92 Å². The Labute approximate surface area is 51.5 Å². The number of hydrogen-bond acceptors (Lipinski definition) is 2. The molecule has 0 fully saturated rings. The van der Waals surface area contributed by atoms with Crippen molar-refractivity contribution in [2.24, 2.45) is 0 Å². The van der Waals surface area contributed by atoms with Crippen LogP contribution in [0.1, 0.15) is 6.92 Å². The second-order valence-electron chi connectivity index (χ2n) is 0.990. The molecule has 0 amide bonds. The van der Waals surface area contributed by atoms with Crippen LogP contribution in [-0.4, -0.2) is 17.8 Å². The van der Waals surface area contributed by atoms with E-state index in [-0.39, 0.29) is 0 Å². The van der Waals surface area contributed by atoms with Gasteiger partial charge in [0.05, 0.1) is 11.9 Å². The van der Waals surface area contributed by atoms with Gasteiger partial charge in [0, 0.05) is 0 Å². The van der Waals surface area contributed by atoms with Crippen LogP contribution in [0.5, 0.6) is 0 Å². The van der Waals surface area contributed by atoms with Gasteiger partial charge in [-0.05, 0) is 6.92 Å². The Bertz CT molecular complexity index is 64.7. The Morgan fingerprint density at radius 1 is 1.86 bits per heavy atom. The molecule has 0 aliphatic rings. The molecule has 0 radical (unpaired) electrons. The fourth-order valence-electron chi connectivity index (χ4n) is 0.213. The molecule has 3 heteroatoms. The van der Waals surface area contributed by atoms with Crippen molar-refractivity contribution in [3.05, 3.63) is 0 Å².